The molecule has 1 aliphatic rings. The molecule has 2 atom stereocenters. The van der Waals surface area contributed by atoms with Crippen LogP contribution in [0, 0.1) is 12.8 Å². The molecule has 0 bridgehead atoms. The van der Waals surface area contributed by atoms with Crippen LogP contribution in [0.2, 0.25) is 0 Å². The Balaban J connectivity index is 1.58. The fraction of sp³-hybridized carbons (Fsp3) is 0.412. The first-order valence-corrected chi connectivity index (χ1v) is 7.39. The summed E-state index contributed by atoms with van der Waals surface area (Å²) in [5, 5.41) is 3.47. The van der Waals surface area contributed by atoms with Crippen molar-refractivity contribution in [3.05, 3.63) is 53.5 Å². The molecule has 104 valence electrons. The Labute approximate surface area is 120 Å². The molecule has 1 N–H and O–H groups in total. The molecule has 2 unspecified atom stereocenters. The fourth-order valence-corrected chi connectivity index (χ4v) is 2.72. The summed E-state index contributed by atoms with van der Waals surface area (Å²) < 4.78 is 0. The van der Waals surface area contributed by atoms with Gasteiger partial charge in [0.05, 0.1) is 0 Å². The molecule has 3 heteroatoms. The number of rotatable bonds is 5. The van der Waals surface area contributed by atoms with Crippen molar-refractivity contribution >= 4 is 5.82 Å². The monoisotopic (exact) mass is 267 g/mol. The number of benzene rings is 1. The molecule has 3 nitrogen and oxygen atoms in total. The van der Waals surface area contributed by atoms with Gasteiger partial charge in [0.2, 0.25) is 0 Å². The van der Waals surface area contributed by atoms with Gasteiger partial charge in [0, 0.05) is 18.3 Å². The second kappa shape index (κ2) is 5.61. The number of nitrogens with one attached hydrogen (secondary N) is 1. The second-order valence-electron chi connectivity index (χ2n) is 5.54. The number of hydrogen-bond donors (Lipinski definition) is 1. The maximum atomic E-state index is 4.46. The summed E-state index contributed by atoms with van der Waals surface area (Å²) in [5.41, 5.74) is 2.57. The molecule has 1 saturated carbocycles. The third-order valence-electron chi connectivity index (χ3n) is 3.95. The molecule has 0 aliphatic heterocycles. The van der Waals surface area contributed by atoms with Crippen molar-refractivity contribution < 1.29 is 0 Å². The van der Waals surface area contributed by atoms with Gasteiger partial charge in [0.25, 0.3) is 0 Å². The summed E-state index contributed by atoms with van der Waals surface area (Å²) in [7, 11) is 0. The van der Waals surface area contributed by atoms with E-state index in [1.807, 2.05) is 6.92 Å². The molecule has 0 radical (unpaired) electrons. The minimum Gasteiger partial charge on any atom is -0.370 e. The molecule has 3 rings (SSSR count). The van der Waals surface area contributed by atoms with Gasteiger partial charge in [-0.2, -0.15) is 0 Å². The van der Waals surface area contributed by atoms with E-state index in [4.69, 9.17) is 0 Å². The number of aromatic nitrogens is 2. The van der Waals surface area contributed by atoms with E-state index in [1.54, 1.807) is 0 Å². The number of nitrogens with zero attached hydrogens (tertiary/aromatic N) is 2. The lowest BCUT2D eigenvalue weighted by Gasteiger charge is -2.07. The third-order valence-corrected chi connectivity index (χ3v) is 3.95. The van der Waals surface area contributed by atoms with Crippen LogP contribution in [0.5, 0.6) is 0 Å². The zero-order valence-corrected chi connectivity index (χ0v) is 12.1. The lowest BCUT2D eigenvalue weighted by atomic mass is 10.1. The number of anilines is 1. The van der Waals surface area contributed by atoms with Crippen molar-refractivity contribution in [1.29, 1.82) is 0 Å². The highest BCUT2D eigenvalue weighted by atomic mass is 15.0. The van der Waals surface area contributed by atoms with Gasteiger partial charge in [-0.15, -0.1) is 0 Å². The van der Waals surface area contributed by atoms with Crippen LogP contribution < -0.4 is 5.32 Å². The Kier molecular flexibility index (Phi) is 3.68. The molecule has 1 heterocycles. The molecule has 0 saturated heterocycles. The normalized spacial score (nSPS) is 20.7. The Morgan fingerprint density at radius 2 is 2.00 bits per heavy atom. The van der Waals surface area contributed by atoms with E-state index < -0.39 is 0 Å². The van der Waals surface area contributed by atoms with Crippen molar-refractivity contribution in [3.63, 3.8) is 0 Å². The summed E-state index contributed by atoms with van der Waals surface area (Å²) in [6.45, 7) is 5.07. The van der Waals surface area contributed by atoms with E-state index in [9.17, 15) is 0 Å². The molecule has 0 amide bonds. The highest BCUT2D eigenvalue weighted by Crippen LogP contribution is 2.47. The van der Waals surface area contributed by atoms with Gasteiger partial charge in [0.15, 0.2) is 0 Å². The van der Waals surface area contributed by atoms with E-state index in [0.29, 0.717) is 0 Å². The maximum absolute atomic E-state index is 4.46. The fourth-order valence-electron chi connectivity index (χ4n) is 2.72. The van der Waals surface area contributed by atoms with Crippen LogP contribution in [0.15, 0.2) is 36.4 Å². The van der Waals surface area contributed by atoms with E-state index in [2.05, 4.69) is 58.6 Å². The largest absolute Gasteiger partial charge is 0.370 e. The zero-order valence-electron chi connectivity index (χ0n) is 12.1. The molecule has 2 aromatic rings. The van der Waals surface area contributed by atoms with Gasteiger partial charge in [-0.1, -0.05) is 37.3 Å². The lowest BCUT2D eigenvalue weighted by Crippen LogP contribution is -2.08. The van der Waals surface area contributed by atoms with Crippen LogP contribution in [0.3, 0.4) is 0 Å². The summed E-state index contributed by atoms with van der Waals surface area (Å²) in [5.74, 6) is 3.27. The predicted molar refractivity (Wildman–Crippen MR) is 81.9 cm³/mol. The second-order valence-corrected chi connectivity index (χ2v) is 5.54. The Morgan fingerprint density at radius 1 is 1.20 bits per heavy atom. The maximum Gasteiger partial charge on any atom is 0.129 e. The predicted octanol–water partition coefficient (Wildman–Crippen LogP) is 3.56. The van der Waals surface area contributed by atoms with E-state index in [1.165, 1.54) is 12.0 Å². The number of hydrogen-bond acceptors (Lipinski definition) is 3. The van der Waals surface area contributed by atoms with Gasteiger partial charge in [-0.05, 0) is 37.2 Å². The third kappa shape index (κ3) is 2.98. The van der Waals surface area contributed by atoms with Gasteiger partial charge in [-0.25, -0.2) is 9.97 Å². The highest BCUT2D eigenvalue weighted by Gasteiger charge is 2.37. The van der Waals surface area contributed by atoms with Crippen molar-refractivity contribution in [1.82, 2.24) is 9.97 Å². The van der Waals surface area contributed by atoms with Crippen LogP contribution in [-0.4, -0.2) is 16.5 Å². The first-order chi connectivity index (χ1) is 9.76. The van der Waals surface area contributed by atoms with Crippen LogP contribution in [0.4, 0.5) is 5.82 Å². The van der Waals surface area contributed by atoms with Gasteiger partial charge in [-0.3, -0.25) is 0 Å². The minimum atomic E-state index is 0.720. The van der Waals surface area contributed by atoms with E-state index in [-0.39, 0.29) is 0 Å². The molecule has 1 aromatic heterocycles. The molecule has 1 fully saturated rings. The smallest absolute Gasteiger partial charge is 0.129 e. The Hall–Kier alpha value is -1.90. The SMILES string of the molecule is CCc1cc(NCC2CC2c2ccccc2)nc(C)n1. The average molecular weight is 267 g/mol. The van der Waals surface area contributed by atoms with E-state index >= 15 is 0 Å². The van der Waals surface area contributed by atoms with Gasteiger partial charge in [0.1, 0.15) is 11.6 Å². The van der Waals surface area contributed by atoms with E-state index in [0.717, 1.165) is 42.1 Å². The Morgan fingerprint density at radius 3 is 2.75 bits per heavy atom. The van der Waals surface area contributed by atoms with Crippen LogP contribution in [0.1, 0.15) is 36.3 Å². The molecule has 20 heavy (non-hydrogen) atoms. The van der Waals surface area contributed by atoms with Gasteiger partial charge >= 0.3 is 0 Å². The van der Waals surface area contributed by atoms with Crippen molar-refractivity contribution in [3.8, 4) is 0 Å². The summed E-state index contributed by atoms with van der Waals surface area (Å²) in [4.78, 5) is 8.86. The standard InChI is InChI=1S/C17H21N3/c1-3-15-10-17(20-12(2)19-15)18-11-14-9-16(14)13-7-5-4-6-8-13/h4-8,10,14,16H,3,9,11H2,1-2H3,(H,18,19,20). The zero-order chi connectivity index (χ0) is 13.9. The summed E-state index contributed by atoms with van der Waals surface area (Å²) in [6.07, 6.45) is 2.23. The molecule has 0 spiro atoms. The molecular weight excluding hydrogens is 246 g/mol. The summed E-state index contributed by atoms with van der Waals surface area (Å²) >= 11 is 0. The minimum absolute atomic E-state index is 0.720. The van der Waals surface area contributed by atoms with Crippen LogP contribution in [-0.2, 0) is 6.42 Å². The van der Waals surface area contributed by atoms with Crippen molar-refractivity contribution in [2.45, 2.75) is 32.6 Å². The number of aryl methyl sites for hydroxylation is 2. The molecule has 1 aliphatic carbocycles. The average Bonchev–Trinajstić information content (AvgIpc) is 3.25. The Bertz CT molecular complexity index is 580. The first-order valence-electron chi connectivity index (χ1n) is 7.39. The first kappa shape index (κ1) is 13.1. The van der Waals surface area contributed by atoms with Crippen molar-refractivity contribution in [2.75, 3.05) is 11.9 Å². The van der Waals surface area contributed by atoms with Crippen LogP contribution in [0.25, 0.3) is 0 Å². The summed E-state index contributed by atoms with van der Waals surface area (Å²) in [6, 6.07) is 12.9. The van der Waals surface area contributed by atoms with Crippen LogP contribution >= 0.6 is 0 Å². The quantitative estimate of drug-likeness (QED) is 0.900. The topological polar surface area (TPSA) is 37.8 Å². The lowest BCUT2D eigenvalue weighted by molar-refractivity contribution is 0.834. The molecule has 1 aromatic carbocycles. The highest BCUT2D eigenvalue weighted by molar-refractivity contribution is 5.37. The van der Waals surface area contributed by atoms with Gasteiger partial charge < -0.3 is 5.32 Å². The molecular formula is C17H21N3. The van der Waals surface area contributed by atoms with Crippen molar-refractivity contribution in [2.24, 2.45) is 5.92 Å².